The Balaban J connectivity index is 2.11. The number of hydrazone groups is 1. The lowest BCUT2D eigenvalue weighted by molar-refractivity contribution is -0.121. The van der Waals surface area contributed by atoms with Crippen molar-refractivity contribution in [2.75, 3.05) is 0 Å². The minimum absolute atomic E-state index is 0.130. The minimum Gasteiger partial charge on any atom is -0.344 e. The van der Waals surface area contributed by atoms with Crippen LogP contribution in [0.3, 0.4) is 0 Å². The number of nitrogens with one attached hydrogen (secondary N) is 2. The molecule has 0 spiro atoms. The van der Waals surface area contributed by atoms with E-state index in [0.29, 0.717) is 23.6 Å². The van der Waals surface area contributed by atoms with Crippen LogP contribution in [-0.2, 0) is 9.59 Å². The van der Waals surface area contributed by atoms with Gasteiger partial charge in [0.1, 0.15) is 5.71 Å². The first-order chi connectivity index (χ1) is 9.97. The second-order valence-electron chi connectivity index (χ2n) is 5.34. The Bertz CT molecular complexity index is 567. The van der Waals surface area contributed by atoms with E-state index in [1.165, 1.54) is 0 Å². The summed E-state index contributed by atoms with van der Waals surface area (Å²) in [5.74, 6) is -0.192. The van der Waals surface area contributed by atoms with E-state index < -0.39 is 0 Å². The van der Waals surface area contributed by atoms with Gasteiger partial charge in [-0.1, -0.05) is 37.6 Å². The third kappa shape index (κ3) is 4.04. The summed E-state index contributed by atoms with van der Waals surface area (Å²) < 4.78 is 0. The Morgan fingerprint density at radius 3 is 2.48 bits per heavy atom. The zero-order valence-corrected chi connectivity index (χ0v) is 12.8. The molecule has 5 nitrogen and oxygen atoms in total. The molecule has 2 N–H and O–H groups in total. The maximum atomic E-state index is 12.2. The van der Waals surface area contributed by atoms with Crippen LogP contribution < -0.4 is 10.7 Å². The van der Waals surface area contributed by atoms with Crippen LogP contribution in [0.15, 0.2) is 29.4 Å². The van der Waals surface area contributed by atoms with Crippen LogP contribution in [0, 0.1) is 5.92 Å². The number of hydrogen-bond acceptors (Lipinski definition) is 3. The van der Waals surface area contributed by atoms with Crippen LogP contribution in [0.5, 0.6) is 0 Å². The van der Waals surface area contributed by atoms with Crippen molar-refractivity contribution in [3.05, 3.63) is 34.9 Å². The first-order valence-corrected chi connectivity index (χ1v) is 7.27. The van der Waals surface area contributed by atoms with Gasteiger partial charge < -0.3 is 5.32 Å². The first-order valence-electron chi connectivity index (χ1n) is 6.89. The maximum Gasteiger partial charge on any atom is 0.267 e. The number of halogens is 1. The Labute approximate surface area is 128 Å². The molecule has 0 aliphatic carbocycles. The van der Waals surface area contributed by atoms with E-state index in [1.807, 2.05) is 26.0 Å². The van der Waals surface area contributed by atoms with Crippen LogP contribution in [-0.4, -0.2) is 17.5 Å². The monoisotopic (exact) mass is 307 g/mol. The highest BCUT2D eigenvalue weighted by molar-refractivity contribution is 6.39. The largest absolute Gasteiger partial charge is 0.344 e. The number of rotatable bonds is 4. The molecule has 112 valence electrons. The van der Waals surface area contributed by atoms with Gasteiger partial charge >= 0.3 is 0 Å². The molecule has 21 heavy (non-hydrogen) atoms. The van der Waals surface area contributed by atoms with Crippen molar-refractivity contribution in [2.45, 2.75) is 32.7 Å². The number of amides is 2. The summed E-state index contributed by atoms with van der Waals surface area (Å²) in [6, 6.07) is 7.28. The van der Waals surface area contributed by atoms with Gasteiger partial charge in [-0.2, -0.15) is 5.10 Å². The standard InChI is InChI=1S/C15H18ClN3O2/c1-9(2)14(10-3-5-11(16)6-4-10)17-15(21)12-7-8-13(20)19-18-12/h3-6,9,14H,7-8H2,1-2H3,(H,17,21)(H,19,20). The normalized spacial score (nSPS) is 16.2. The quantitative estimate of drug-likeness (QED) is 0.897. The molecule has 1 aliphatic heterocycles. The summed E-state index contributed by atoms with van der Waals surface area (Å²) in [7, 11) is 0. The van der Waals surface area contributed by atoms with Crippen molar-refractivity contribution in [1.82, 2.24) is 10.7 Å². The van der Waals surface area contributed by atoms with E-state index in [9.17, 15) is 9.59 Å². The summed E-state index contributed by atoms with van der Waals surface area (Å²) >= 11 is 5.89. The fraction of sp³-hybridized carbons (Fsp3) is 0.400. The Hall–Kier alpha value is -1.88. The van der Waals surface area contributed by atoms with Gasteiger partial charge in [0, 0.05) is 17.9 Å². The Morgan fingerprint density at radius 2 is 1.95 bits per heavy atom. The van der Waals surface area contributed by atoms with Crippen molar-refractivity contribution < 1.29 is 9.59 Å². The second kappa shape index (κ2) is 6.72. The molecule has 1 aromatic carbocycles. The van der Waals surface area contributed by atoms with Crippen molar-refractivity contribution >= 4 is 29.1 Å². The smallest absolute Gasteiger partial charge is 0.267 e. The Kier molecular flexibility index (Phi) is 4.96. The van der Waals surface area contributed by atoms with E-state index in [1.54, 1.807) is 12.1 Å². The number of benzene rings is 1. The van der Waals surface area contributed by atoms with Gasteiger partial charge in [0.05, 0.1) is 6.04 Å². The first kappa shape index (κ1) is 15.5. The summed E-state index contributed by atoms with van der Waals surface area (Å²) in [6.45, 7) is 4.06. The molecule has 6 heteroatoms. The van der Waals surface area contributed by atoms with Crippen LogP contribution in [0.1, 0.15) is 38.3 Å². The van der Waals surface area contributed by atoms with E-state index in [2.05, 4.69) is 15.8 Å². The van der Waals surface area contributed by atoms with Gasteiger partial charge in [-0.15, -0.1) is 0 Å². The van der Waals surface area contributed by atoms with Crippen LogP contribution in [0.4, 0.5) is 0 Å². The molecule has 2 amide bonds. The molecule has 1 aromatic rings. The highest BCUT2D eigenvalue weighted by Crippen LogP contribution is 2.23. The van der Waals surface area contributed by atoms with E-state index in [-0.39, 0.29) is 23.8 Å². The van der Waals surface area contributed by atoms with E-state index in [0.717, 1.165) is 5.56 Å². The van der Waals surface area contributed by atoms with Gasteiger partial charge in [0.15, 0.2) is 0 Å². The molecule has 0 saturated heterocycles. The van der Waals surface area contributed by atoms with Gasteiger partial charge in [0.25, 0.3) is 5.91 Å². The molecule has 0 saturated carbocycles. The average molecular weight is 308 g/mol. The zero-order valence-electron chi connectivity index (χ0n) is 12.0. The molecule has 1 aliphatic rings. The van der Waals surface area contributed by atoms with E-state index in [4.69, 9.17) is 11.6 Å². The van der Waals surface area contributed by atoms with Gasteiger partial charge in [-0.05, 0) is 23.6 Å². The third-order valence-electron chi connectivity index (χ3n) is 3.35. The third-order valence-corrected chi connectivity index (χ3v) is 3.60. The highest BCUT2D eigenvalue weighted by atomic mass is 35.5. The highest BCUT2D eigenvalue weighted by Gasteiger charge is 2.23. The molecule has 0 fully saturated rings. The number of nitrogens with zero attached hydrogens (tertiary/aromatic N) is 1. The molecule has 0 aromatic heterocycles. The van der Waals surface area contributed by atoms with Crippen molar-refractivity contribution in [2.24, 2.45) is 11.0 Å². The van der Waals surface area contributed by atoms with Crippen molar-refractivity contribution in [1.29, 1.82) is 0 Å². The predicted molar refractivity (Wildman–Crippen MR) is 82.0 cm³/mol. The van der Waals surface area contributed by atoms with Crippen LogP contribution in [0.25, 0.3) is 0 Å². The van der Waals surface area contributed by atoms with Crippen LogP contribution >= 0.6 is 11.6 Å². The maximum absolute atomic E-state index is 12.2. The lowest BCUT2D eigenvalue weighted by Crippen LogP contribution is -2.40. The molecular weight excluding hydrogens is 290 g/mol. The lowest BCUT2D eigenvalue weighted by Gasteiger charge is -2.24. The summed E-state index contributed by atoms with van der Waals surface area (Å²) in [6.07, 6.45) is 0.655. The topological polar surface area (TPSA) is 70.6 Å². The van der Waals surface area contributed by atoms with Gasteiger partial charge in [0.2, 0.25) is 5.91 Å². The lowest BCUT2D eigenvalue weighted by atomic mass is 9.95. The van der Waals surface area contributed by atoms with Crippen molar-refractivity contribution in [3.8, 4) is 0 Å². The molecule has 1 heterocycles. The van der Waals surface area contributed by atoms with Crippen molar-refractivity contribution in [3.63, 3.8) is 0 Å². The van der Waals surface area contributed by atoms with Crippen LogP contribution in [0.2, 0.25) is 5.02 Å². The number of carbonyl (C=O) groups is 2. The predicted octanol–water partition coefficient (Wildman–Crippen LogP) is 2.42. The molecule has 1 atom stereocenters. The summed E-state index contributed by atoms with van der Waals surface area (Å²) in [5, 5.41) is 7.45. The molecule has 2 rings (SSSR count). The number of hydrogen-bond donors (Lipinski definition) is 2. The zero-order chi connectivity index (χ0) is 15.4. The second-order valence-corrected chi connectivity index (χ2v) is 5.78. The average Bonchev–Trinajstić information content (AvgIpc) is 2.46. The molecule has 0 radical (unpaired) electrons. The molecule has 1 unspecified atom stereocenters. The molecular formula is C15H18ClN3O2. The fourth-order valence-corrected chi connectivity index (χ4v) is 2.29. The number of carbonyl (C=O) groups excluding carboxylic acids is 2. The minimum atomic E-state index is -0.247. The van der Waals surface area contributed by atoms with E-state index >= 15 is 0 Å². The SMILES string of the molecule is CC(C)C(NC(=O)C1=NNC(=O)CC1)c1ccc(Cl)cc1. The molecule has 0 bridgehead atoms. The van der Waals surface area contributed by atoms with Gasteiger partial charge in [-0.3, -0.25) is 9.59 Å². The summed E-state index contributed by atoms with van der Waals surface area (Å²) in [4.78, 5) is 23.3. The van der Waals surface area contributed by atoms with Gasteiger partial charge in [-0.25, -0.2) is 5.43 Å². The Morgan fingerprint density at radius 1 is 1.29 bits per heavy atom. The summed E-state index contributed by atoms with van der Waals surface area (Å²) in [5.41, 5.74) is 3.68. The fourth-order valence-electron chi connectivity index (χ4n) is 2.17.